The van der Waals surface area contributed by atoms with Crippen LogP contribution in [-0.4, -0.2) is 57.6 Å². The quantitative estimate of drug-likeness (QED) is 0.383. The minimum absolute atomic E-state index is 0.130. The number of halogens is 1. The fraction of sp³-hybridized carbons (Fsp3) is 0.409. The SMILES string of the molecule is CCS(=O)(=O)Nc1nc(-c2ccc(F)cc2)c(/C=C/[C@H](O)C[C@@H](O)CC(=O)O)c(C(C)C)n1. The van der Waals surface area contributed by atoms with Crippen LogP contribution in [0.4, 0.5) is 10.3 Å². The summed E-state index contributed by atoms with van der Waals surface area (Å²) in [5.74, 6) is -2.12. The first kappa shape index (κ1) is 26.4. The Morgan fingerprint density at radius 2 is 1.82 bits per heavy atom. The van der Waals surface area contributed by atoms with Crippen LogP contribution in [0, 0.1) is 5.82 Å². The van der Waals surface area contributed by atoms with Gasteiger partial charge in [-0.15, -0.1) is 0 Å². The second-order valence-electron chi connectivity index (χ2n) is 7.78. The first-order chi connectivity index (χ1) is 15.4. The molecule has 0 saturated heterocycles. The van der Waals surface area contributed by atoms with Crippen molar-refractivity contribution in [3.05, 3.63) is 47.4 Å². The first-order valence-electron chi connectivity index (χ1n) is 10.4. The third-order valence-corrected chi connectivity index (χ3v) is 5.93. The van der Waals surface area contributed by atoms with E-state index in [1.165, 1.54) is 43.3 Å². The summed E-state index contributed by atoms with van der Waals surface area (Å²) >= 11 is 0. The highest BCUT2D eigenvalue weighted by atomic mass is 32.2. The Bertz CT molecular complexity index is 1100. The van der Waals surface area contributed by atoms with E-state index in [0.717, 1.165) is 0 Å². The van der Waals surface area contributed by atoms with Gasteiger partial charge in [0.2, 0.25) is 16.0 Å². The first-order valence-corrected chi connectivity index (χ1v) is 12.0. The fourth-order valence-electron chi connectivity index (χ4n) is 3.03. The van der Waals surface area contributed by atoms with E-state index >= 15 is 0 Å². The molecule has 33 heavy (non-hydrogen) atoms. The van der Waals surface area contributed by atoms with Crippen molar-refractivity contribution in [1.82, 2.24) is 9.97 Å². The Morgan fingerprint density at radius 1 is 1.18 bits per heavy atom. The van der Waals surface area contributed by atoms with E-state index in [2.05, 4.69) is 14.7 Å². The maximum Gasteiger partial charge on any atom is 0.305 e. The van der Waals surface area contributed by atoms with E-state index in [9.17, 15) is 27.8 Å². The molecular formula is C22H28FN3O6S. The molecule has 2 atom stereocenters. The van der Waals surface area contributed by atoms with Crippen molar-refractivity contribution in [1.29, 1.82) is 0 Å². The Hall–Kier alpha value is -2.89. The summed E-state index contributed by atoms with van der Waals surface area (Å²) in [6.45, 7) is 5.17. The van der Waals surface area contributed by atoms with Gasteiger partial charge in [0.1, 0.15) is 5.82 Å². The lowest BCUT2D eigenvalue weighted by Crippen LogP contribution is -2.19. The number of benzene rings is 1. The molecule has 2 aromatic rings. The number of hydrogen-bond donors (Lipinski definition) is 4. The van der Waals surface area contributed by atoms with Gasteiger partial charge in [0, 0.05) is 17.5 Å². The zero-order valence-electron chi connectivity index (χ0n) is 18.6. The number of carboxylic acid groups (broad SMARTS) is 1. The second kappa shape index (κ2) is 11.3. The monoisotopic (exact) mass is 481 g/mol. The fourth-order valence-corrected chi connectivity index (χ4v) is 3.54. The predicted molar refractivity (Wildman–Crippen MR) is 123 cm³/mol. The number of carbonyl (C=O) groups is 1. The van der Waals surface area contributed by atoms with Crippen molar-refractivity contribution in [3.63, 3.8) is 0 Å². The third-order valence-electron chi connectivity index (χ3n) is 4.68. The molecular weight excluding hydrogens is 453 g/mol. The van der Waals surface area contributed by atoms with Gasteiger partial charge in [-0.1, -0.05) is 26.0 Å². The summed E-state index contributed by atoms with van der Waals surface area (Å²) in [4.78, 5) is 19.4. The maximum absolute atomic E-state index is 13.5. The minimum Gasteiger partial charge on any atom is -0.481 e. The number of carboxylic acids is 1. The van der Waals surface area contributed by atoms with Gasteiger partial charge in [-0.25, -0.2) is 22.8 Å². The summed E-state index contributed by atoms with van der Waals surface area (Å²) in [7, 11) is -3.65. The van der Waals surface area contributed by atoms with Crippen molar-refractivity contribution in [2.24, 2.45) is 0 Å². The average molecular weight is 482 g/mol. The zero-order chi connectivity index (χ0) is 24.8. The van der Waals surface area contributed by atoms with Gasteiger partial charge in [0.15, 0.2) is 0 Å². The second-order valence-corrected chi connectivity index (χ2v) is 9.79. The van der Waals surface area contributed by atoms with Crippen LogP contribution >= 0.6 is 0 Å². The van der Waals surface area contributed by atoms with Crippen molar-refractivity contribution < 1.29 is 32.9 Å². The summed E-state index contributed by atoms with van der Waals surface area (Å²) in [5.41, 5.74) is 1.77. The van der Waals surface area contributed by atoms with E-state index in [1.54, 1.807) is 0 Å². The number of hydrogen-bond acceptors (Lipinski definition) is 7. The van der Waals surface area contributed by atoms with Crippen molar-refractivity contribution in [2.75, 3.05) is 10.5 Å². The molecule has 0 spiro atoms. The van der Waals surface area contributed by atoms with E-state index in [1.807, 2.05) is 13.8 Å². The molecule has 1 aromatic carbocycles. The molecule has 2 rings (SSSR count). The number of sulfonamides is 1. The van der Waals surface area contributed by atoms with E-state index < -0.39 is 40.4 Å². The summed E-state index contributed by atoms with van der Waals surface area (Å²) < 4.78 is 40.0. The molecule has 180 valence electrons. The Kier molecular flexibility index (Phi) is 9.03. The largest absolute Gasteiger partial charge is 0.481 e. The molecule has 1 aromatic heterocycles. The summed E-state index contributed by atoms with van der Waals surface area (Å²) in [6, 6.07) is 5.47. The van der Waals surface area contributed by atoms with Gasteiger partial charge in [-0.3, -0.25) is 9.52 Å². The summed E-state index contributed by atoms with van der Waals surface area (Å²) in [6.07, 6.45) is -0.175. The lowest BCUT2D eigenvalue weighted by atomic mass is 9.97. The maximum atomic E-state index is 13.5. The topological polar surface area (TPSA) is 150 Å². The van der Waals surface area contributed by atoms with Crippen LogP contribution in [0.2, 0.25) is 0 Å². The lowest BCUT2D eigenvalue weighted by Gasteiger charge is -2.17. The predicted octanol–water partition coefficient (Wildman–Crippen LogP) is 2.77. The molecule has 1 heterocycles. The number of aliphatic hydroxyl groups excluding tert-OH is 2. The van der Waals surface area contributed by atoms with Crippen LogP contribution in [0.25, 0.3) is 17.3 Å². The van der Waals surface area contributed by atoms with Gasteiger partial charge in [0.05, 0.1) is 35.8 Å². The Balaban J connectivity index is 2.56. The molecule has 0 saturated carbocycles. The Morgan fingerprint density at radius 3 is 2.36 bits per heavy atom. The smallest absolute Gasteiger partial charge is 0.305 e. The van der Waals surface area contributed by atoms with Crippen LogP contribution in [0.1, 0.15) is 50.8 Å². The third kappa shape index (κ3) is 7.88. The van der Waals surface area contributed by atoms with Crippen LogP contribution in [0.3, 0.4) is 0 Å². The van der Waals surface area contributed by atoms with E-state index in [4.69, 9.17) is 5.11 Å². The normalized spacial score (nSPS) is 13.9. The highest BCUT2D eigenvalue weighted by molar-refractivity contribution is 7.92. The molecule has 0 radical (unpaired) electrons. The van der Waals surface area contributed by atoms with Crippen LogP contribution in [0.15, 0.2) is 30.3 Å². The molecule has 0 bridgehead atoms. The number of nitrogens with one attached hydrogen (secondary N) is 1. The highest BCUT2D eigenvalue weighted by Crippen LogP contribution is 2.31. The van der Waals surface area contributed by atoms with Gasteiger partial charge >= 0.3 is 5.97 Å². The van der Waals surface area contributed by atoms with Gasteiger partial charge < -0.3 is 15.3 Å². The molecule has 0 amide bonds. The lowest BCUT2D eigenvalue weighted by molar-refractivity contribution is -0.139. The molecule has 0 aliphatic carbocycles. The zero-order valence-corrected chi connectivity index (χ0v) is 19.4. The minimum atomic E-state index is -3.65. The molecule has 0 unspecified atom stereocenters. The van der Waals surface area contributed by atoms with Crippen LogP contribution in [0.5, 0.6) is 0 Å². The molecule has 0 aliphatic rings. The van der Waals surface area contributed by atoms with Crippen molar-refractivity contribution in [3.8, 4) is 11.3 Å². The number of rotatable bonds is 11. The number of aromatic nitrogens is 2. The van der Waals surface area contributed by atoms with E-state index in [0.29, 0.717) is 22.5 Å². The van der Waals surface area contributed by atoms with Gasteiger partial charge in [0.25, 0.3) is 0 Å². The van der Waals surface area contributed by atoms with Crippen LogP contribution in [-0.2, 0) is 14.8 Å². The molecule has 0 fully saturated rings. The number of aliphatic carboxylic acids is 1. The average Bonchev–Trinajstić information content (AvgIpc) is 2.71. The molecule has 9 nitrogen and oxygen atoms in total. The van der Waals surface area contributed by atoms with Crippen molar-refractivity contribution in [2.45, 2.75) is 51.7 Å². The van der Waals surface area contributed by atoms with E-state index in [-0.39, 0.29) is 24.0 Å². The van der Waals surface area contributed by atoms with Crippen molar-refractivity contribution >= 4 is 28.0 Å². The van der Waals surface area contributed by atoms with Gasteiger partial charge in [-0.05, 0) is 37.1 Å². The highest BCUT2D eigenvalue weighted by Gasteiger charge is 2.20. The molecule has 0 aliphatic heterocycles. The number of aliphatic hydroxyl groups is 2. The van der Waals surface area contributed by atoms with Gasteiger partial charge in [-0.2, -0.15) is 0 Å². The molecule has 11 heteroatoms. The Labute approximate surface area is 192 Å². The van der Waals surface area contributed by atoms with Crippen LogP contribution < -0.4 is 4.72 Å². The summed E-state index contributed by atoms with van der Waals surface area (Å²) in [5, 5.41) is 28.8. The standard InChI is InChI=1S/C22H28FN3O6S/c1-4-33(31,32)26-22-24-20(13(2)3)18(10-9-16(27)11-17(28)12-19(29)30)21(25-22)14-5-7-15(23)8-6-14/h5-10,13,16-17,27-28H,4,11-12H2,1-3H3,(H,29,30)(H,24,25,26)/b10-9+/t16-,17+/m0/s1. The molecule has 4 N–H and O–H groups in total. The number of nitrogens with zero attached hydrogens (tertiary/aromatic N) is 2. The number of anilines is 1.